The van der Waals surface area contributed by atoms with E-state index in [1.165, 1.54) is 18.9 Å². The van der Waals surface area contributed by atoms with Gasteiger partial charge in [0.25, 0.3) is 0 Å². The molecule has 1 saturated carbocycles. The van der Waals surface area contributed by atoms with E-state index in [1.54, 1.807) is 18.2 Å². The number of ether oxygens (including phenoxy) is 1. The first-order valence-corrected chi connectivity index (χ1v) is 10.8. The van der Waals surface area contributed by atoms with Crippen LogP contribution in [-0.4, -0.2) is 60.1 Å². The Morgan fingerprint density at radius 3 is 2.46 bits per heavy atom. The van der Waals surface area contributed by atoms with Gasteiger partial charge in [-0.2, -0.15) is 0 Å². The number of piperidine rings is 1. The lowest BCUT2D eigenvalue weighted by atomic mass is 10.1. The number of amides is 1. The number of halogens is 1. The van der Waals surface area contributed by atoms with Crippen LogP contribution >= 0.6 is 0 Å². The Hall–Kier alpha value is -1.66. The zero-order chi connectivity index (χ0) is 19.5. The summed E-state index contributed by atoms with van der Waals surface area (Å²) in [5, 5.41) is 0. The molecule has 2 saturated heterocycles. The van der Waals surface area contributed by atoms with Crippen LogP contribution in [0.1, 0.15) is 44.9 Å². The van der Waals surface area contributed by atoms with Gasteiger partial charge >= 0.3 is 0 Å². The smallest absolute Gasteiger partial charge is 0.224 e. The number of carbonyl (C=O) groups excluding carboxylic acids is 1. The Morgan fingerprint density at radius 2 is 1.79 bits per heavy atom. The maximum Gasteiger partial charge on any atom is 0.224 e. The topological polar surface area (TPSA) is 58.8 Å². The number of likely N-dealkylation sites (tertiary alicyclic amines) is 2. The summed E-state index contributed by atoms with van der Waals surface area (Å²) in [7, 11) is 0. The molecule has 2 heterocycles. The van der Waals surface area contributed by atoms with Crippen molar-refractivity contribution in [2.75, 3.05) is 26.2 Å². The molecular weight excluding hydrogens is 357 g/mol. The van der Waals surface area contributed by atoms with Gasteiger partial charge in [-0.1, -0.05) is 12.1 Å². The molecule has 0 unspecified atom stereocenters. The zero-order valence-corrected chi connectivity index (χ0v) is 16.6. The molecule has 6 heteroatoms. The number of nitrogens with zero attached hydrogens (tertiary/aromatic N) is 2. The van der Waals surface area contributed by atoms with Gasteiger partial charge in [-0.3, -0.25) is 9.69 Å². The second-order valence-corrected chi connectivity index (χ2v) is 8.59. The second-order valence-electron chi connectivity index (χ2n) is 8.59. The fourth-order valence-electron chi connectivity index (χ4n) is 4.66. The number of nitrogens with two attached hydrogens (primary N) is 1. The maximum absolute atomic E-state index is 13.8. The predicted molar refractivity (Wildman–Crippen MR) is 107 cm³/mol. The van der Waals surface area contributed by atoms with Gasteiger partial charge in [-0.25, -0.2) is 4.39 Å². The summed E-state index contributed by atoms with van der Waals surface area (Å²) in [5.74, 6) is 1.04. The first kappa shape index (κ1) is 19.6. The minimum atomic E-state index is -0.326. The summed E-state index contributed by atoms with van der Waals surface area (Å²) >= 11 is 0. The largest absolute Gasteiger partial charge is 0.487 e. The lowest BCUT2D eigenvalue weighted by Gasteiger charge is -2.34. The third-order valence-corrected chi connectivity index (χ3v) is 6.54. The Balaban J connectivity index is 1.26. The molecule has 154 valence electrons. The van der Waals surface area contributed by atoms with Gasteiger partial charge < -0.3 is 15.4 Å². The molecule has 3 fully saturated rings. The van der Waals surface area contributed by atoms with Crippen LogP contribution in [-0.2, 0) is 4.79 Å². The summed E-state index contributed by atoms with van der Waals surface area (Å²) in [4.78, 5) is 17.4. The molecular formula is C22H32FN3O2. The molecule has 2 aliphatic heterocycles. The summed E-state index contributed by atoms with van der Waals surface area (Å²) in [6.45, 7) is 3.18. The summed E-state index contributed by atoms with van der Waals surface area (Å²) in [6.07, 6.45) is 6.91. The van der Waals surface area contributed by atoms with Crippen LogP contribution in [0.15, 0.2) is 24.3 Å². The maximum atomic E-state index is 13.8. The SMILES string of the molecule is NC[C@H]1CC[C@@H](CC(=O)N2CCC(Oc3ccccc3F)CC2)N1CC1CC1. The third-order valence-electron chi connectivity index (χ3n) is 6.54. The number of hydrogen-bond acceptors (Lipinski definition) is 4. The molecule has 3 aliphatic rings. The lowest BCUT2D eigenvalue weighted by molar-refractivity contribution is -0.134. The first-order valence-electron chi connectivity index (χ1n) is 10.8. The zero-order valence-electron chi connectivity index (χ0n) is 16.6. The van der Waals surface area contributed by atoms with E-state index >= 15 is 0 Å². The Labute approximate surface area is 167 Å². The van der Waals surface area contributed by atoms with E-state index in [9.17, 15) is 9.18 Å². The Morgan fingerprint density at radius 1 is 1.07 bits per heavy atom. The Bertz CT molecular complexity index is 674. The van der Waals surface area contributed by atoms with E-state index in [2.05, 4.69) is 4.90 Å². The second kappa shape index (κ2) is 8.78. The van der Waals surface area contributed by atoms with Gasteiger partial charge in [-0.05, 0) is 43.7 Å². The number of hydrogen-bond donors (Lipinski definition) is 1. The molecule has 0 radical (unpaired) electrons. The summed E-state index contributed by atoms with van der Waals surface area (Å²) in [6, 6.07) is 7.30. The van der Waals surface area contributed by atoms with Crippen molar-refractivity contribution in [2.24, 2.45) is 11.7 Å². The van der Waals surface area contributed by atoms with Gasteiger partial charge in [0.15, 0.2) is 11.6 Å². The van der Waals surface area contributed by atoms with Crippen LogP contribution in [0.5, 0.6) is 5.75 Å². The molecule has 28 heavy (non-hydrogen) atoms. The average molecular weight is 390 g/mol. The molecule has 1 aliphatic carbocycles. The molecule has 2 N–H and O–H groups in total. The third kappa shape index (κ3) is 4.66. The molecule has 0 spiro atoms. The average Bonchev–Trinajstić information content (AvgIpc) is 3.45. The van der Waals surface area contributed by atoms with Gasteiger partial charge in [0.05, 0.1) is 0 Å². The number of benzene rings is 1. The minimum Gasteiger partial charge on any atom is -0.487 e. The molecule has 1 aromatic rings. The van der Waals surface area contributed by atoms with E-state index in [0.717, 1.165) is 38.1 Å². The fraction of sp³-hybridized carbons (Fsp3) is 0.682. The van der Waals surface area contributed by atoms with E-state index < -0.39 is 0 Å². The number of rotatable bonds is 7. The standard InChI is InChI=1S/C22H32FN3O2/c23-20-3-1-2-4-21(20)28-19-9-11-25(12-10-19)22(27)13-17-7-8-18(14-24)26(17)15-16-5-6-16/h1-4,16-19H,5-15,24H2/t17-,18+/m0/s1. The van der Waals surface area contributed by atoms with Crippen LogP contribution in [0.3, 0.4) is 0 Å². The van der Waals surface area contributed by atoms with Gasteiger partial charge in [0.1, 0.15) is 6.10 Å². The lowest BCUT2D eigenvalue weighted by Crippen LogP contribution is -2.46. The fourth-order valence-corrected chi connectivity index (χ4v) is 4.66. The minimum absolute atomic E-state index is 0.0274. The van der Waals surface area contributed by atoms with Crippen LogP contribution in [0.2, 0.25) is 0 Å². The molecule has 0 bridgehead atoms. The molecule has 1 aromatic carbocycles. The predicted octanol–water partition coefficient (Wildman–Crippen LogP) is 2.79. The van der Waals surface area contributed by atoms with Crippen molar-refractivity contribution in [2.45, 2.75) is 63.1 Å². The number of carbonyl (C=O) groups is 1. The monoisotopic (exact) mass is 389 g/mol. The first-order chi connectivity index (χ1) is 13.6. The molecule has 5 nitrogen and oxygen atoms in total. The van der Waals surface area contributed by atoms with Crippen molar-refractivity contribution in [3.8, 4) is 5.75 Å². The summed E-state index contributed by atoms with van der Waals surface area (Å²) in [5.41, 5.74) is 5.97. The quantitative estimate of drug-likeness (QED) is 0.779. The van der Waals surface area contributed by atoms with E-state index in [0.29, 0.717) is 43.9 Å². The van der Waals surface area contributed by atoms with Gasteiger partial charge in [0, 0.05) is 57.5 Å². The van der Waals surface area contributed by atoms with E-state index in [4.69, 9.17) is 10.5 Å². The van der Waals surface area contributed by atoms with Crippen molar-refractivity contribution in [1.82, 2.24) is 9.80 Å². The molecule has 2 atom stereocenters. The highest BCUT2D eigenvalue weighted by Gasteiger charge is 2.38. The highest BCUT2D eigenvalue weighted by Crippen LogP contribution is 2.35. The van der Waals surface area contributed by atoms with Crippen molar-refractivity contribution in [3.63, 3.8) is 0 Å². The van der Waals surface area contributed by atoms with E-state index in [-0.39, 0.29) is 17.8 Å². The van der Waals surface area contributed by atoms with Crippen molar-refractivity contribution >= 4 is 5.91 Å². The molecule has 4 rings (SSSR count). The normalized spacial score (nSPS) is 26.6. The van der Waals surface area contributed by atoms with Crippen LogP contribution in [0.4, 0.5) is 4.39 Å². The van der Waals surface area contributed by atoms with Crippen LogP contribution in [0, 0.1) is 11.7 Å². The van der Waals surface area contributed by atoms with Crippen molar-refractivity contribution in [1.29, 1.82) is 0 Å². The van der Waals surface area contributed by atoms with Gasteiger partial charge in [0.2, 0.25) is 5.91 Å². The highest BCUT2D eigenvalue weighted by atomic mass is 19.1. The van der Waals surface area contributed by atoms with Crippen LogP contribution in [0.25, 0.3) is 0 Å². The van der Waals surface area contributed by atoms with Crippen molar-refractivity contribution in [3.05, 3.63) is 30.1 Å². The molecule has 0 aromatic heterocycles. The summed E-state index contributed by atoms with van der Waals surface area (Å²) < 4.78 is 19.6. The number of para-hydroxylation sites is 1. The highest BCUT2D eigenvalue weighted by molar-refractivity contribution is 5.77. The van der Waals surface area contributed by atoms with Crippen molar-refractivity contribution < 1.29 is 13.9 Å². The van der Waals surface area contributed by atoms with E-state index in [1.807, 2.05) is 4.90 Å². The van der Waals surface area contributed by atoms with Crippen LogP contribution < -0.4 is 10.5 Å². The Kier molecular flexibility index (Phi) is 6.16. The van der Waals surface area contributed by atoms with Gasteiger partial charge in [-0.15, -0.1) is 0 Å². The molecule has 1 amide bonds.